The van der Waals surface area contributed by atoms with Gasteiger partial charge in [0.25, 0.3) is 10.1 Å². The predicted octanol–water partition coefficient (Wildman–Crippen LogP) is 5.59. The molecule has 0 bridgehead atoms. The van der Waals surface area contributed by atoms with Crippen LogP contribution in [-0.2, 0) is 14.3 Å². The molecule has 2 aromatic carbocycles. The topological polar surface area (TPSA) is 43.4 Å². The van der Waals surface area contributed by atoms with Crippen LogP contribution in [0.15, 0.2) is 53.4 Å². The second kappa shape index (κ2) is 7.35. The lowest BCUT2D eigenvalue weighted by atomic mass is 10.1. The summed E-state index contributed by atoms with van der Waals surface area (Å²) in [5.41, 5.74) is 2.78. The van der Waals surface area contributed by atoms with Crippen molar-refractivity contribution in [2.24, 2.45) is 0 Å². The van der Waals surface area contributed by atoms with Gasteiger partial charge in [0.15, 0.2) is 2.14 Å². The van der Waals surface area contributed by atoms with Crippen LogP contribution < -0.4 is 0 Å². The molecule has 0 fully saturated rings. The quantitative estimate of drug-likeness (QED) is 0.385. The van der Waals surface area contributed by atoms with Gasteiger partial charge in [-0.25, -0.2) is 0 Å². The van der Waals surface area contributed by atoms with Gasteiger partial charge < -0.3 is 0 Å². The molecule has 0 amide bonds. The van der Waals surface area contributed by atoms with Gasteiger partial charge in [-0.15, -0.1) is 0 Å². The summed E-state index contributed by atoms with van der Waals surface area (Å²) in [6, 6.07) is 14.0. The summed E-state index contributed by atoms with van der Waals surface area (Å²) in [5.74, 6) is 0. The van der Waals surface area contributed by atoms with Crippen molar-refractivity contribution in [3.8, 4) is 0 Å². The van der Waals surface area contributed by atoms with E-state index in [0.29, 0.717) is 0 Å². The first-order chi connectivity index (χ1) is 10.6. The molecule has 0 aliphatic heterocycles. The van der Waals surface area contributed by atoms with E-state index in [4.69, 9.17) is 4.18 Å². The standard InChI is InChI=1S/C16H15Br3O3S/c1-11-3-7-13(8-4-11)15(16(17,18)19)22-23(20,21)14-9-5-12(2)6-10-14/h3-10,15H,1-2H3. The lowest BCUT2D eigenvalue weighted by Gasteiger charge is -2.25. The second-order valence-electron chi connectivity index (χ2n) is 5.20. The maximum Gasteiger partial charge on any atom is 0.297 e. The smallest absolute Gasteiger partial charge is 0.255 e. The minimum Gasteiger partial charge on any atom is -0.255 e. The Morgan fingerprint density at radius 2 is 1.30 bits per heavy atom. The fraction of sp³-hybridized carbons (Fsp3) is 0.250. The summed E-state index contributed by atoms with van der Waals surface area (Å²) in [6.45, 7) is 3.86. The highest BCUT2D eigenvalue weighted by Crippen LogP contribution is 2.48. The van der Waals surface area contributed by atoms with E-state index in [9.17, 15) is 8.42 Å². The first-order valence-electron chi connectivity index (χ1n) is 6.73. The van der Waals surface area contributed by atoms with Gasteiger partial charge in [-0.05, 0) is 31.5 Å². The van der Waals surface area contributed by atoms with Crippen molar-refractivity contribution < 1.29 is 12.6 Å². The van der Waals surface area contributed by atoms with E-state index in [0.717, 1.165) is 16.7 Å². The van der Waals surface area contributed by atoms with Gasteiger partial charge >= 0.3 is 0 Å². The van der Waals surface area contributed by atoms with Gasteiger partial charge in [0.05, 0.1) is 4.90 Å². The molecular weight excluding hydrogens is 512 g/mol. The molecule has 0 heterocycles. The van der Waals surface area contributed by atoms with Gasteiger partial charge in [-0.1, -0.05) is 95.3 Å². The van der Waals surface area contributed by atoms with E-state index in [2.05, 4.69) is 47.8 Å². The van der Waals surface area contributed by atoms with E-state index in [1.54, 1.807) is 12.1 Å². The van der Waals surface area contributed by atoms with Crippen LogP contribution in [0.5, 0.6) is 0 Å². The monoisotopic (exact) mass is 524 g/mol. The van der Waals surface area contributed by atoms with Crippen LogP contribution >= 0.6 is 47.8 Å². The molecule has 0 aliphatic rings. The summed E-state index contributed by atoms with van der Waals surface area (Å²) in [7, 11) is -3.91. The molecule has 124 valence electrons. The molecule has 0 N–H and O–H groups in total. The Balaban J connectivity index is 2.38. The van der Waals surface area contributed by atoms with Crippen LogP contribution in [0.4, 0.5) is 0 Å². The lowest BCUT2D eigenvalue weighted by molar-refractivity contribution is 0.228. The van der Waals surface area contributed by atoms with Crippen molar-refractivity contribution in [2.75, 3.05) is 0 Å². The zero-order valence-corrected chi connectivity index (χ0v) is 18.0. The molecule has 0 saturated heterocycles. The molecule has 2 rings (SSSR count). The minimum absolute atomic E-state index is 0.122. The van der Waals surface area contributed by atoms with Gasteiger partial charge in [-0.2, -0.15) is 8.42 Å². The molecule has 3 nitrogen and oxygen atoms in total. The number of hydrogen-bond donors (Lipinski definition) is 0. The third kappa shape index (κ3) is 5.13. The highest BCUT2D eigenvalue weighted by Gasteiger charge is 2.37. The molecule has 7 heteroatoms. The number of rotatable bonds is 4. The Morgan fingerprint density at radius 3 is 1.74 bits per heavy atom. The normalized spacial score (nSPS) is 13.8. The molecule has 0 aromatic heterocycles. The van der Waals surface area contributed by atoms with E-state index in [-0.39, 0.29) is 4.90 Å². The number of aryl methyl sites for hydroxylation is 2. The van der Waals surface area contributed by atoms with Crippen LogP contribution in [0.1, 0.15) is 22.8 Å². The van der Waals surface area contributed by atoms with Crippen LogP contribution in [0, 0.1) is 13.8 Å². The van der Waals surface area contributed by atoms with Crippen molar-refractivity contribution in [1.29, 1.82) is 0 Å². The predicted molar refractivity (Wildman–Crippen MR) is 103 cm³/mol. The lowest BCUT2D eigenvalue weighted by Crippen LogP contribution is -2.22. The second-order valence-corrected chi connectivity index (χ2v) is 13.7. The van der Waals surface area contributed by atoms with Crippen molar-refractivity contribution >= 4 is 57.9 Å². The summed E-state index contributed by atoms with van der Waals surface area (Å²) in [6.07, 6.45) is -0.797. The van der Waals surface area contributed by atoms with Crippen LogP contribution in [-0.4, -0.2) is 10.6 Å². The summed E-state index contributed by atoms with van der Waals surface area (Å²) >= 11 is 10.1. The highest BCUT2D eigenvalue weighted by atomic mass is 80.0. The molecule has 0 spiro atoms. The molecule has 0 saturated carbocycles. The SMILES string of the molecule is Cc1ccc(C(OS(=O)(=O)c2ccc(C)cc2)C(Br)(Br)Br)cc1. The summed E-state index contributed by atoms with van der Waals surface area (Å²) < 4.78 is 29.7. The maximum atomic E-state index is 12.6. The third-order valence-corrected chi connectivity index (χ3v) is 5.75. The molecule has 1 unspecified atom stereocenters. The van der Waals surface area contributed by atoms with Gasteiger partial charge in [0.1, 0.15) is 6.10 Å². The molecular formula is C16H15Br3O3S. The minimum atomic E-state index is -3.91. The van der Waals surface area contributed by atoms with E-state index < -0.39 is 18.4 Å². The van der Waals surface area contributed by atoms with E-state index >= 15 is 0 Å². The van der Waals surface area contributed by atoms with Gasteiger partial charge in [0, 0.05) is 0 Å². The number of halogens is 3. The fourth-order valence-corrected chi connectivity index (χ4v) is 4.46. The Hall–Kier alpha value is -0.210. The van der Waals surface area contributed by atoms with Crippen molar-refractivity contribution in [2.45, 2.75) is 27.0 Å². The van der Waals surface area contributed by atoms with Crippen molar-refractivity contribution in [1.82, 2.24) is 0 Å². The highest BCUT2D eigenvalue weighted by molar-refractivity contribution is 9.39. The Labute approximate surface area is 161 Å². The van der Waals surface area contributed by atoms with Crippen molar-refractivity contribution in [3.05, 3.63) is 65.2 Å². The fourth-order valence-electron chi connectivity index (χ4n) is 1.93. The van der Waals surface area contributed by atoms with E-state index in [1.807, 2.05) is 38.1 Å². The number of benzene rings is 2. The van der Waals surface area contributed by atoms with Crippen molar-refractivity contribution in [3.63, 3.8) is 0 Å². The Morgan fingerprint density at radius 1 is 0.870 bits per heavy atom. The van der Waals surface area contributed by atoms with Crippen LogP contribution in [0.25, 0.3) is 0 Å². The Kier molecular flexibility index (Phi) is 6.11. The summed E-state index contributed by atoms with van der Waals surface area (Å²) in [5, 5.41) is 0. The average Bonchev–Trinajstić information content (AvgIpc) is 2.45. The largest absolute Gasteiger partial charge is 0.297 e. The molecule has 0 radical (unpaired) electrons. The Bertz CT molecular complexity index is 764. The zero-order chi connectivity index (χ0) is 17.3. The average molecular weight is 527 g/mol. The molecule has 1 atom stereocenters. The van der Waals surface area contributed by atoms with Gasteiger partial charge in [-0.3, -0.25) is 4.18 Å². The number of hydrogen-bond acceptors (Lipinski definition) is 3. The summed E-state index contributed by atoms with van der Waals surface area (Å²) in [4.78, 5) is 0.122. The first kappa shape index (κ1) is 19.1. The first-order valence-corrected chi connectivity index (χ1v) is 10.5. The number of alkyl halides is 3. The van der Waals surface area contributed by atoms with E-state index in [1.165, 1.54) is 12.1 Å². The van der Waals surface area contributed by atoms with Gasteiger partial charge in [0.2, 0.25) is 0 Å². The molecule has 23 heavy (non-hydrogen) atoms. The zero-order valence-electron chi connectivity index (χ0n) is 12.5. The molecule has 2 aromatic rings. The van der Waals surface area contributed by atoms with Crippen LogP contribution in [0.3, 0.4) is 0 Å². The van der Waals surface area contributed by atoms with Crippen LogP contribution in [0.2, 0.25) is 0 Å². The molecule has 0 aliphatic carbocycles. The maximum absolute atomic E-state index is 12.6. The third-order valence-electron chi connectivity index (χ3n) is 3.21.